The van der Waals surface area contributed by atoms with Crippen LogP contribution >= 0.6 is 0 Å². The lowest BCUT2D eigenvalue weighted by molar-refractivity contribution is 0.122. The molecule has 1 N–H and O–H groups in total. The molecule has 31 heavy (non-hydrogen) atoms. The van der Waals surface area contributed by atoms with Gasteiger partial charge in [0.1, 0.15) is 11.3 Å². The van der Waals surface area contributed by atoms with Gasteiger partial charge in [0, 0.05) is 61.2 Å². The van der Waals surface area contributed by atoms with Crippen LogP contribution in [0.25, 0.3) is 11.0 Å². The first kappa shape index (κ1) is 19.9. The lowest BCUT2D eigenvalue weighted by Gasteiger charge is -2.31. The summed E-state index contributed by atoms with van der Waals surface area (Å²) in [6.07, 6.45) is 8.80. The van der Waals surface area contributed by atoms with Crippen molar-refractivity contribution in [2.75, 3.05) is 36.5 Å². The number of ether oxygens (including phenoxy) is 2. The number of morpholine rings is 1. The van der Waals surface area contributed by atoms with E-state index in [1.807, 2.05) is 0 Å². The van der Waals surface area contributed by atoms with Crippen LogP contribution < -0.4 is 15.0 Å². The highest BCUT2D eigenvalue weighted by Gasteiger charge is 2.24. The van der Waals surface area contributed by atoms with Crippen molar-refractivity contribution in [3.63, 3.8) is 0 Å². The van der Waals surface area contributed by atoms with E-state index in [0.717, 1.165) is 80.1 Å². The molecular weight excluding hydrogens is 397 g/mol. The molecule has 2 fully saturated rings. The average molecular weight is 423 g/mol. The molecule has 162 valence electrons. The second-order valence-corrected chi connectivity index (χ2v) is 8.07. The number of pyridine rings is 1. The maximum atomic E-state index is 13.3. The van der Waals surface area contributed by atoms with E-state index >= 15 is 0 Å². The minimum absolute atomic E-state index is 0.123. The molecule has 1 aromatic carbocycles. The zero-order chi connectivity index (χ0) is 21.0. The summed E-state index contributed by atoms with van der Waals surface area (Å²) >= 11 is 0. The molecule has 1 aliphatic heterocycles. The molecule has 3 aromatic rings. The standard InChI is InChI=1S/C23H26FN5O2/c24-22-13-17(5-6-26-22)28-16-1-3-19(4-2-16)31-21-15-18(29-9-11-30-12-10-29)14-20-23(21)27-8-7-25-20/h5-8,13-16,19H,1-4,9-12H2,(H,26,28)/t16-,19+. The summed E-state index contributed by atoms with van der Waals surface area (Å²) in [4.78, 5) is 15.0. The molecule has 1 saturated carbocycles. The Hall–Kier alpha value is -3.00. The van der Waals surface area contributed by atoms with Crippen LogP contribution in [0, 0.1) is 5.95 Å². The zero-order valence-corrected chi connectivity index (χ0v) is 17.3. The van der Waals surface area contributed by atoms with Crippen LogP contribution in [0.1, 0.15) is 25.7 Å². The highest BCUT2D eigenvalue weighted by molar-refractivity contribution is 5.85. The zero-order valence-electron chi connectivity index (χ0n) is 17.3. The summed E-state index contributed by atoms with van der Waals surface area (Å²) in [6, 6.07) is 7.71. The Morgan fingerprint density at radius 1 is 0.968 bits per heavy atom. The summed E-state index contributed by atoms with van der Waals surface area (Å²) < 4.78 is 25.3. The van der Waals surface area contributed by atoms with Crippen molar-refractivity contribution in [3.8, 4) is 5.75 Å². The van der Waals surface area contributed by atoms with E-state index in [2.05, 4.69) is 37.3 Å². The Morgan fingerprint density at radius 2 is 1.77 bits per heavy atom. The number of nitrogens with one attached hydrogen (secondary N) is 1. The maximum Gasteiger partial charge on any atom is 0.214 e. The van der Waals surface area contributed by atoms with Crippen LogP contribution in [-0.4, -0.2) is 53.4 Å². The number of fused-ring (bicyclic) bond motifs is 1. The van der Waals surface area contributed by atoms with Gasteiger partial charge >= 0.3 is 0 Å². The summed E-state index contributed by atoms with van der Waals surface area (Å²) in [5.74, 6) is 0.329. The quantitative estimate of drug-likeness (QED) is 0.626. The summed E-state index contributed by atoms with van der Waals surface area (Å²) in [7, 11) is 0. The van der Waals surface area contributed by atoms with Crippen molar-refractivity contribution in [1.29, 1.82) is 0 Å². The largest absolute Gasteiger partial charge is 0.488 e. The summed E-state index contributed by atoms with van der Waals surface area (Å²) in [6.45, 7) is 3.18. The molecule has 8 heteroatoms. The predicted molar refractivity (Wildman–Crippen MR) is 117 cm³/mol. The van der Waals surface area contributed by atoms with Crippen molar-refractivity contribution in [1.82, 2.24) is 15.0 Å². The van der Waals surface area contributed by atoms with Gasteiger partial charge in [-0.3, -0.25) is 4.98 Å². The van der Waals surface area contributed by atoms with Gasteiger partial charge in [-0.25, -0.2) is 9.97 Å². The van der Waals surface area contributed by atoms with Crippen molar-refractivity contribution < 1.29 is 13.9 Å². The van der Waals surface area contributed by atoms with E-state index in [0.29, 0.717) is 6.04 Å². The van der Waals surface area contributed by atoms with Gasteiger partial charge in [-0.15, -0.1) is 0 Å². The van der Waals surface area contributed by atoms with Gasteiger partial charge in [-0.05, 0) is 37.8 Å². The van der Waals surface area contributed by atoms with Gasteiger partial charge in [0.2, 0.25) is 5.95 Å². The first-order valence-electron chi connectivity index (χ1n) is 10.9. The van der Waals surface area contributed by atoms with Crippen molar-refractivity contribution >= 4 is 22.4 Å². The predicted octanol–water partition coefficient (Wildman–Crippen LogP) is 3.80. The molecule has 0 spiro atoms. The third-order valence-electron chi connectivity index (χ3n) is 5.96. The molecule has 0 amide bonds. The topological polar surface area (TPSA) is 72.4 Å². The molecule has 3 heterocycles. The average Bonchev–Trinajstić information content (AvgIpc) is 2.81. The number of anilines is 2. The number of halogens is 1. The molecular formula is C23H26FN5O2. The Labute approximate surface area is 180 Å². The lowest BCUT2D eigenvalue weighted by atomic mass is 9.92. The molecule has 2 aliphatic rings. The Morgan fingerprint density at radius 3 is 2.58 bits per heavy atom. The summed E-state index contributed by atoms with van der Waals surface area (Å²) in [5.41, 5.74) is 3.52. The van der Waals surface area contributed by atoms with Gasteiger partial charge in [-0.2, -0.15) is 4.39 Å². The number of aromatic nitrogens is 3. The molecule has 0 unspecified atom stereocenters. The highest BCUT2D eigenvalue weighted by Crippen LogP contribution is 2.33. The SMILES string of the molecule is Fc1cc(N[C@H]2CC[C@@H](Oc3cc(N4CCOCC4)cc4nccnc34)CC2)ccn1. The molecule has 5 rings (SSSR count). The highest BCUT2D eigenvalue weighted by atomic mass is 19.1. The van der Waals surface area contributed by atoms with Crippen LogP contribution in [0.3, 0.4) is 0 Å². The number of benzene rings is 1. The third-order valence-corrected chi connectivity index (χ3v) is 5.96. The van der Waals surface area contributed by atoms with Crippen molar-refractivity contribution in [2.24, 2.45) is 0 Å². The molecule has 2 aromatic heterocycles. The Balaban J connectivity index is 1.28. The molecule has 1 saturated heterocycles. The molecule has 0 bridgehead atoms. The molecule has 0 radical (unpaired) electrons. The van der Waals surface area contributed by atoms with Crippen LogP contribution in [0.2, 0.25) is 0 Å². The summed E-state index contributed by atoms with van der Waals surface area (Å²) in [5, 5.41) is 3.41. The fraction of sp³-hybridized carbons (Fsp3) is 0.435. The lowest BCUT2D eigenvalue weighted by Crippen LogP contribution is -2.36. The van der Waals surface area contributed by atoms with Gasteiger partial charge in [0.15, 0.2) is 0 Å². The second-order valence-electron chi connectivity index (χ2n) is 8.07. The first-order chi connectivity index (χ1) is 15.2. The third kappa shape index (κ3) is 4.69. The van der Waals surface area contributed by atoms with Gasteiger partial charge in [-0.1, -0.05) is 0 Å². The number of rotatable bonds is 5. The van der Waals surface area contributed by atoms with Crippen molar-refractivity contribution in [3.05, 3.63) is 48.8 Å². The van der Waals surface area contributed by atoms with E-state index in [-0.39, 0.29) is 6.10 Å². The Bertz CT molecular complexity index is 1040. The molecule has 0 atom stereocenters. The van der Waals surface area contributed by atoms with Gasteiger partial charge in [0.25, 0.3) is 0 Å². The van der Waals surface area contributed by atoms with Crippen molar-refractivity contribution in [2.45, 2.75) is 37.8 Å². The van der Waals surface area contributed by atoms with E-state index in [1.165, 1.54) is 12.3 Å². The molecule has 1 aliphatic carbocycles. The van der Waals surface area contributed by atoms with Gasteiger partial charge < -0.3 is 19.7 Å². The first-order valence-corrected chi connectivity index (χ1v) is 10.9. The Kier molecular flexibility index (Phi) is 5.80. The van der Waals surface area contributed by atoms with Crippen LogP contribution in [0.5, 0.6) is 5.75 Å². The van der Waals surface area contributed by atoms with Crippen LogP contribution in [0.15, 0.2) is 42.9 Å². The fourth-order valence-corrected chi connectivity index (χ4v) is 4.36. The number of nitrogens with zero attached hydrogens (tertiary/aromatic N) is 4. The normalized spacial score (nSPS) is 21.8. The smallest absolute Gasteiger partial charge is 0.214 e. The number of hydrogen-bond acceptors (Lipinski definition) is 7. The maximum absolute atomic E-state index is 13.3. The monoisotopic (exact) mass is 423 g/mol. The minimum atomic E-state index is -0.463. The van der Waals surface area contributed by atoms with E-state index < -0.39 is 5.95 Å². The van der Waals surface area contributed by atoms with E-state index in [1.54, 1.807) is 18.5 Å². The van der Waals surface area contributed by atoms with Gasteiger partial charge in [0.05, 0.1) is 24.8 Å². The van der Waals surface area contributed by atoms with E-state index in [9.17, 15) is 4.39 Å². The molecule has 7 nitrogen and oxygen atoms in total. The van der Waals surface area contributed by atoms with E-state index in [4.69, 9.17) is 9.47 Å². The number of hydrogen-bond donors (Lipinski definition) is 1. The second kappa shape index (κ2) is 9.01. The minimum Gasteiger partial charge on any atom is -0.488 e. The van der Waals surface area contributed by atoms with Crippen LogP contribution in [0.4, 0.5) is 15.8 Å². The fourth-order valence-electron chi connectivity index (χ4n) is 4.36. The van der Waals surface area contributed by atoms with Crippen LogP contribution in [-0.2, 0) is 4.74 Å².